The Hall–Kier alpha value is -2.08. The van der Waals surface area contributed by atoms with Crippen molar-refractivity contribution in [3.05, 3.63) is 34.7 Å². The molecule has 1 heterocycles. The number of nitrogens with zero attached hydrogens (tertiary/aromatic N) is 2. The number of carbonyl (C=O) groups is 1. The van der Waals surface area contributed by atoms with Crippen molar-refractivity contribution in [3.8, 4) is 0 Å². The van der Waals surface area contributed by atoms with Crippen LogP contribution in [-0.4, -0.2) is 32.8 Å². The third-order valence-corrected chi connectivity index (χ3v) is 4.70. The second-order valence-electron chi connectivity index (χ2n) is 6.41. The molecule has 2 N–H and O–H groups in total. The molecule has 1 aromatic carbocycles. The van der Waals surface area contributed by atoms with Crippen LogP contribution in [0.15, 0.2) is 29.1 Å². The van der Waals surface area contributed by atoms with Gasteiger partial charge < -0.3 is 10.4 Å². The summed E-state index contributed by atoms with van der Waals surface area (Å²) >= 11 is 0. The van der Waals surface area contributed by atoms with Gasteiger partial charge in [-0.3, -0.25) is 13.9 Å². The summed E-state index contributed by atoms with van der Waals surface area (Å²) < 4.78 is 3.06. The summed E-state index contributed by atoms with van der Waals surface area (Å²) in [5, 5.41) is 12.6. The van der Waals surface area contributed by atoms with Gasteiger partial charge in [0, 0.05) is 13.6 Å². The molecule has 124 valence electrons. The quantitative estimate of drug-likeness (QED) is 0.883. The highest BCUT2D eigenvalue weighted by molar-refractivity contribution is 5.80. The van der Waals surface area contributed by atoms with Crippen LogP contribution in [-0.2, 0) is 18.4 Å². The van der Waals surface area contributed by atoms with Crippen LogP contribution in [0.5, 0.6) is 0 Å². The molecule has 3 rings (SSSR count). The van der Waals surface area contributed by atoms with E-state index in [-0.39, 0.29) is 24.2 Å². The summed E-state index contributed by atoms with van der Waals surface area (Å²) in [6, 6.07) is 7.45. The smallest absolute Gasteiger partial charge is 0.329 e. The van der Waals surface area contributed by atoms with E-state index in [1.54, 1.807) is 11.6 Å². The van der Waals surface area contributed by atoms with Gasteiger partial charge in [-0.15, -0.1) is 0 Å². The Balaban J connectivity index is 1.66. The summed E-state index contributed by atoms with van der Waals surface area (Å²) in [7, 11) is 1.71. The zero-order chi connectivity index (χ0) is 16.4. The van der Waals surface area contributed by atoms with Gasteiger partial charge in [0.05, 0.1) is 17.1 Å². The molecule has 6 nitrogen and oxygen atoms in total. The van der Waals surface area contributed by atoms with Crippen LogP contribution >= 0.6 is 0 Å². The van der Waals surface area contributed by atoms with Gasteiger partial charge in [-0.25, -0.2) is 4.79 Å². The summed E-state index contributed by atoms with van der Waals surface area (Å²) in [5.74, 6) is 0.162. The maximum Gasteiger partial charge on any atom is 0.329 e. The molecule has 23 heavy (non-hydrogen) atoms. The number of amides is 1. The Morgan fingerprint density at radius 2 is 2.04 bits per heavy atom. The van der Waals surface area contributed by atoms with E-state index in [0.717, 1.165) is 36.7 Å². The average molecular weight is 317 g/mol. The molecule has 0 radical (unpaired) electrons. The molecule has 6 heteroatoms. The number of para-hydroxylation sites is 2. The monoisotopic (exact) mass is 317 g/mol. The first kappa shape index (κ1) is 15.8. The van der Waals surface area contributed by atoms with Crippen molar-refractivity contribution in [2.24, 2.45) is 13.0 Å². The van der Waals surface area contributed by atoms with Crippen LogP contribution in [0.25, 0.3) is 11.0 Å². The normalized spacial score (nSPS) is 21.5. The number of imidazole rings is 1. The fourth-order valence-electron chi connectivity index (χ4n) is 3.42. The van der Waals surface area contributed by atoms with Crippen molar-refractivity contribution in [1.82, 2.24) is 14.5 Å². The van der Waals surface area contributed by atoms with Crippen LogP contribution in [0.2, 0.25) is 0 Å². The third-order valence-electron chi connectivity index (χ3n) is 4.70. The van der Waals surface area contributed by atoms with Crippen molar-refractivity contribution in [3.63, 3.8) is 0 Å². The highest BCUT2D eigenvalue weighted by atomic mass is 16.3. The highest BCUT2D eigenvalue weighted by Gasteiger charge is 2.21. The number of hydrogen-bond acceptors (Lipinski definition) is 3. The van der Waals surface area contributed by atoms with Crippen molar-refractivity contribution in [2.75, 3.05) is 6.54 Å². The number of fused-ring (bicyclic) bond motifs is 1. The summed E-state index contributed by atoms with van der Waals surface area (Å²) in [5.41, 5.74) is 1.40. The Bertz CT molecular complexity index is 762. The van der Waals surface area contributed by atoms with Crippen molar-refractivity contribution < 1.29 is 9.90 Å². The molecule has 1 aliphatic carbocycles. The van der Waals surface area contributed by atoms with E-state index >= 15 is 0 Å². The van der Waals surface area contributed by atoms with E-state index in [4.69, 9.17) is 0 Å². The lowest BCUT2D eigenvalue weighted by atomic mass is 9.87. The lowest BCUT2D eigenvalue weighted by Gasteiger charge is -2.25. The number of nitrogens with one attached hydrogen (secondary N) is 1. The first-order valence-corrected chi connectivity index (χ1v) is 8.15. The molecule has 1 aliphatic rings. The van der Waals surface area contributed by atoms with Crippen LogP contribution in [0.3, 0.4) is 0 Å². The van der Waals surface area contributed by atoms with Gasteiger partial charge in [-0.2, -0.15) is 0 Å². The number of aromatic nitrogens is 2. The number of rotatable bonds is 4. The molecule has 1 amide bonds. The van der Waals surface area contributed by atoms with Gasteiger partial charge in [0.2, 0.25) is 5.91 Å². The van der Waals surface area contributed by atoms with Gasteiger partial charge in [0.25, 0.3) is 0 Å². The molecular formula is C17H23N3O3. The van der Waals surface area contributed by atoms with Gasteiger partial charge in [0.1, 0.15) is 6.54 Å². The minimum atomic E-state index is -0.244. The Morgan fingerprint density at radius 1 is 1.30 bits per heavy atom. The van der Waals surface area contributed by atoms with Gasteiger partial charge in [-0.05, 0) is 37.3 Å². The summed E-state index contributed by atoms with van der Waals surface area (Å²) in [6.07, 6.45) is 3.40. The zero-order valence-electron chi connectivity index (χ0n) is 13.4. The van der Waals surface area contributed by atoms with Gasteiger partial charge in [-0.1, -0.05) is 18.6 Å². The minimum Gasteiger partial charge on any atom is -0.393 e. The molecule has 0 aliphatic heterocycles. The molecule has 2 unspecified atom stereocenters. The largest absolute Gasteiger partial charge is 0.393 e. The summed E-state index contributed by atoms with van der Waals surface area (Å²) in [4.78, 5) is 24.5. The predicted octanol–water partition coefficient (Wildman–Crippen LogP) is 1.01. The molecular weight excluding hydrogens is 294 g/mol. The molecule has 0 saturated heterocycles. The van der Waals surface area contributed by atoms with E-state index in [1.165, 1.54) is 4.57 Å². The third kappa shape index (κ3) is 3.32. The first-order valence-electron chi connectivity index (χ1n) is 8.15. The van der Waals surface area contributed by atoms with Crippen LogP contribution in [0, 0.1) is 5.92 Å². The second kappa shape index (κ2) is 6.58. The molecule has 2 aromatic rings. The van der Waals surface area contributed by atoms with Crippen LogP contribution in [0.1, 0.15) is 25.7 Å². The van der Waals surface area contributed by atoms with Crippen molar-refractivity contribution in [1.29, 1.82) is 0 Å². The lowest BCUT2D eigenvalue weighted by molar-refractivity contribution is -0.122. The molecule has 1 saturated carbocycles. The Kier molecular flexibility index (Phi) is 4.52. The van der Waals surface area contributed by atoms with E-state index in [2.05, 4.69) is 5.32 Å². The standard InChI is InChI=1S/C17H23N3O3/c1-19-14-7-2-3-8-15(14)20(17(19)23)11-16(22)18-10-12-5-4-6-13(21)9-12/h2-3,7-8,12-13,21H,4-6,9-11H2,1H3,(H,18,22). The molecule has 1 aromatic heterocycles. The maximum absolute atomic E-state index is 12.3. The van der Waals surface area contributed by atoms with E-state index in [0.29, 0.717) is 12.5 Å². The number of carbonyl (C=O) groups excluding carboxylic acids is 1. The van der Waals surface area contributed by atoms with Gasteiger partial charge in [0.15, 0.2) is 0 Å². The fraction of sp³-hybridized carbons (Fsp3) is 0.529. The average Bonchev–Trinajstić information content (AvgIpc) is 2.79. The topological polar surface area (TPSA) is 76.3 Å². The van der Waals surface area contributed by atoms with E-state index in [9.17, 15) is 14.7 Å². The Labute approximate surface area is 134 Å². The molecule has 1 fully saturated rings. The number of benzene rings is 1. The maximum atomic E-state index is 12.3. The predicted molar refractivity (Wildman–Crippen MR) is 88.2 cm³/mol. The molecule has 2 atom stereocenters. The highest BCUT2D eigenvalue weighted by Crippen LogP contribution is 2.23. The first-order chi connectivity index (χ1) is 11.1. The SMILES string of the molecule is Cn1c(=O)n(CC(=O)NCC2CCCC(O)C2)c2ccccc21. The second-order valence-corrected chi connectivity index (χ2v) is 6.41. The van der Waals surface area contributed by atoms with E-state index in [1.807, 2.05) is 24.3 Å². The Morgan fingerprint density at radius 3 is 2.78 bits per heavy atom. The van der Waals surface area contributed by atoms with E-state index < -0.39 is 0 Å². The van der Waals surface area contributed by atoms with Gasteiger partial charge >= 0.3 is 5.69 Å². The number of hydrogen-bond donors (Lipinski definition) is 2. The molecule has 0 bridgehead atoms. The van der Waals surface area contributed by atoms with Crippen LogP contribution in [0.4, 0.5) is 0 Å². The number of aryl methyl sites for hydroxylation is 1. The fourth-order valence-corrected chi connectivity index (χ4v) is 3.42. The minimum absolute atomic E-state index is 0.0233. The number of aliphatic hydroxyl groups is 1. The molecule has 0 spiro atoms. The zero-order valence-corrected chi connectivity index (χ0v) is 13.4. The van der Waals surface area contributed by atoms with Crippen LogP contribution < -0.4 is 11.0 Å². The number of aliphatic hydroxyl groups excluding tert-OH is 1. The summed E-state index contributed by atoms with van der Waals surface area (Å²) in [6.45, 7) is 0.588. The lowest BCUT2D eigenvalue weighted by Crippen LogP contribution is -2.36. The van der Waals surface area contributed by atoms with Crippen molar-refractivity contribution in [2.45, 2.75) is 38.3 Å². The van der Waals surface area contributed by atoms with Crippen molar-refractivity contribution >= 4 is 16.9 Å².